The van der Waals surface area contributed by atoms with Crippen LogP contribution in [0.1, 0.15) is 48.8 Å². The van der Waals surface area contributed by atoms with E-state index in [-0.39, 0.29) is 6.04 Å². The van der Waals surface area contributed by atoms with Gasteiger partial charge in [0.05, 0.1) is 23.5 Å². The topological polar surface area (TPSA) is 58.0 Å². The van der Waals surface area contributed by atoms with Gasteiger partial charge in [0.15, 0.2) is 0 Å². The molecule has 0 amide bonds. The van der Waals surface area contributed by atoms with Gasteiger partial charge in [-0.15, -0.1) is 0 Å². The Morgan fingerprint density at radius 1 is 1.23 bits per heavy atom. The number of benzene rings is 1. The Balaban J connectivity index is 1.95. The summed E-state index contributed by atoms with van der Waals surface area (Å²) >= 11 is 0. The molecular formula is C18H23N3O. The summed E-state index contributed by atoms with van der Waals surface area (Å²) in [7, 11) is 0. The number of aryl methyl sites for hydroxylation is 3. The largest absolute Gasteiger partial charge is 0.391 e. The lowest BCUT2D eigenvalue weighted by Crippen LogP contribution is -2.31. The molecule has 2 atom stereocenters. The summed E-state index contributed by atoms with van der Waals surface area (Å²) in [6, 6.07) is 8.21. The van der Waals surface area contributed by atoms with E-state index in [1.165, 1.54) is 11.1 Å². The molecule has 3 rings (SSSR count). The smallest absolute Gasteiger partial charge is 0.148 e. The molecular weight excluding hydrogens is 274 g/mol. The van der Waals surface area contributed by atoms with Crippen molar-refractivity contribution in [1.29, 1.82) is 0 Å². The monoisotopic (exact) mass is 297 g/mol. The molecule has 0 fully saturated rings. The molecule has 4 heteroatoms. The number of aromatic nitrogens is 2. The first-order chi connectivity index (χ1) is 10.7. The van der Waals surface area contributed by atoms with Crippen LogP contribution in [-0.2, 0) is 19.3 Å². The first-order valence-electron chi connectivity index (χ1n) is 8.10. The van der Waals surface area contributed by atoms with Crippen molar-refractivity contribution in [2.45, 2.75) is 51.7 Å². The van der Waals surface area contributed by atoms with Crippen molar-refractivity contribution in [1.82, 2.24) is 9.97 Å². The Morgan fingerprint density at radius 3 is 2.82 bits per heavy atom. The molecule has 1 aliphatic rings. The van der Waals surface area contributed by atoms with Gasteiger partial charge in [-0.05, 0) is 36.8 Å². The number of aliphatic hydroxyl groups excluding tert-OH is 1. The molecule has 116 valence electrons. The zero-order valence-electron chi connectivity index (χ0n) is 13.2. The molecule has 2 aromatic rings. The predicted octanol–water partition coefficient (Wildman–Crippen LogP) is 3.06. The Hall–Kier alpha value is -1.94. The van der Waals surface area contributed by atoms with E-state index in [0.717, 1.165) is 42.9 Å². The maximum atomic E-state index is 10.5. The molecule has 4 nitrogen and oxygen atoms in total. The van der Waals surface area contributed by atoms with E-state index in [4.69, 9.17) is 0 Å². The number of anilines is 1. The molecule has 1 aliphatic carbocycles. The third kappa shape index (κ3) is 2.83. The third-order valence-electron chi connectivity index (χ3n) is 4.37. The molecule has 0 radical (unpaired) electrons. The summed E-state index contributed by atoms with van der Waals surface area (Å²) in [6.45, 7) is 4.15. The standard InChI is InChI=1S/C18H23N3O/c1-3-13-11-19-15(4-2)18(20-13)21-17-14-8-6-5-7-12(14)9-10-16(17)22/h5-8,11,16-17,22H,3-4,9-10H2,1-2H3,(H,20,21). The predicted molar refractivity (Wildman–Crippen MR) is 87.9 cm³/mol. The Labute approximate surface area is 131 Å². The average molecular weight is 297 g/mol. The fourth-order valence-electron chi connectivity index (χ4n) is 3.06. The van der Waals surface area contributed by atoms with E-state index in [0.29, 0.717) is 0 Å². The van der Waals surface area contributed by atoms with Crippen LogP contribution in [0.5, 0.6) is 0 Å². The number of rotatable bonds is 4. The van der Waals surface area contributed by atoms with Crippen LogP contribution < -0.4 is 5.32 Å². The Kier molecular flexibility index (Phi) is 4.39. The molecule has 1 heterocycles. The van der Waals surface area contributed by atoms with Gasteiger partial charge in [0.25, 0.3) is 0 Å². The van der Waals surface area contributed by atoms with Crippen LogP contribution in [0, 0.1) is 0 Å². The van der Waals surface area contributed by atoms with Gasteiger partial charge in [0.1, 0.15) is 5.82 Å². The summed E-state index contributed by atoms with van der Waals surface area (Å²) in [4.78, 5) is 9.19. The molecule has 0 saturated heterocycles. The van der Waals surface area contributed by atoms with Gasteiger partial charge < -0.3 is 10.4 Å². The fourth-order valence-corrected chi connectivity index (χ4v) is 3.06. The Morgan fingerprint density at radius 2 is 2.05 bits per heavy atom. The first-order valence-corrected chi connectivity index (χ1v) is 8.10. The molecule has 1 aromatic heterocycles. The van der Waals surface area contributed by atoms with Crippen molar-refractivity contribution in [3.8, 4) is 0 Å². The highest BCUT2D eigenvalue weighted by molar-refractivity contribution is 5.46. The second-order valence-corrected chi connectivity index (χ2v) is 5.79. The lowest BCUT2D eigenvalue weighted by molar-refractivity contribution is 0.135. The highest BCUT2D eigenvalue weighted by atomic mass is 16.3. The summed E-state index contributed by atoms with van der Waals surface area (Å²) in [5.41, 5.74) is 4.40. The van der Waals surface area contributed by atoms with E-state index in [9.17, 15) is 5.11 Å². The van der Waals surface area contributed by atoms with Crippen LogP contribution >= 0.6 is 0 Å². The van der Waals surface area contributed by atoms with E-state index in [1.54, 1.807) is 0 Å². The minimum Gasteiger partial charge on any atom is -0.391 e. The van der Waals surface area contributed by atoms with Gasteiger partial charge in [-0.25, -0.2) is 4.98 Å². The lowest BCUT2D eigenvalue weighted by Gasteiger charge is -2.31. The molecule has 1 aromatic carbocycles. The van der Waals surface area contributed by atoms with Crippen molar-refractivity contribution in [2.75, 3.05) is 5.32 Å². The SMILES string of the molecule is CCc1cnc(CC)c(NC2c3ccccc3CCC2O)n1. The minimum absolute atomic E-state index is 0.114. The summed E-state index contributed by atoms with van der Waals surface area (Å²) < 4.78 is 0. The van der Waals surface area contributed by atoms with Crippen LogP contribution in [0.2, 0.25) is 0 Å². The normalized spacial score (nSPS) is 20.5. The van der Waals surface area contributed by atoms with Crippen LogP contribution in [0.15, 0.2) is 30.5 Å². The second-order valence-electron chi connectivity index (χ2n) is 5.79. The van der Waals surface area contributed by atoms with Gasteiger partial charge in [-0.2, -0.15) is 0 Å². The van der Waals surface area contributed by atoms with Crippen LogP contribution in [0.4, 0.5) is 5.82 Å². The highest BCUT2D eigenvalue weighted by Gasteiger charge is 2.28. The molecule has 2 unspecified atom stereocenters. The van der Waals surface area contributed by atoms with E-state index >= 15 is 0 Å². The van der Waals surface area contributed by atoms with Crippen LogP contribution in [-0.4, -0.2) is 21.2 Å². The molecule has 22 heavy (non-hydrogen) atoms. The van der Waals surface area contributed by atoms with Crippen LogP contribution in [0.25, 0.3) is 0 Å². The maximum absolute atomic E-state index is 10.5. The molecule has 0 saturated carbocycles. The van der Waals surface area contributed by atoms with E-state index < -0.39 is 6.10 Å². The van der Waals surface area contributed by atoms with Gasteiger partial charge in [0.2, 0.25) is 0 Å². The number of hydrogen-bond donors (Lipinski definition) is 2. The molecule has 2 N–H and O–H groups in total. The van der Waals surface area contributed by atoms with Crippen molar-refractivity contribution < 1.29 is 5.11 Å². The number of hydrogen-bond acceptors (Lipinski definition) is 4. The quantitative estimate of drug-likeness (QED) is 0.910. The Bertz CT molecular complexity index is 657. The average Bonchev–Trinajstić information content (AvgIpc) is 2.57. The number of nitrogens with zero attached hydrogens (tertiary/aromatic N) is 2. The lowest BCUT2D eigenvalue weighted by atomic mass is 9.85. The van der Waals surface area contributed by atoms with Crippen molar-refractivity contribution in [3.05, 3.63) is 53.0 Å². The fraction of sp³-hybridized carbons (Fsp3) is 0.444. The van der Waals surface area contributed by atoms with Gasteiger partial charge in [-0.1, -0.05) is 38.1 Å². The third-order valence-corrected chi connectivity index (χ3v) is 4.37. The molecule has 0 spiro atoms. The summed E-state index contributed by atoms with van der Waals surface area (Å²) in [6.07, 6.45) is 4.83. The summed E-state index contributed by atoms with van der Waals surface area (Å²) in [5, 5.41) is 13.9. The zero-order valence-corrected chi connectivity index (χ0v) is 13.2. The van der Waals surface area contributed by atoms with Gasteiger partial charge in [0, 0.05) is 6.20 Å². The zero-order chi connectivity index (χ0) is 15.5. The number of nitrogens with one attached hydrogen (secondary N) is 1. The van der Waals surface area contributed by atoms with E-state index in [1.807, 2.05) is 12.3 Å². The number of aliphatic hydroxyl groups is 1. The molecule has 0 bridgehead atoms. The van der Waals surface area contributed by atoms with Crippen LogP contribution in [0.3, 0.4) is 0 Å². The molecule has 0 aliphatic heterocycles. The van der Waals surface area contributed by atoms with Crippen molar-refractivity contribution >= 4 is 5.82 Å². The minimum atomic E-state index is -0.397. The highest BCUT2D eigenvalue weighted by Crippen LogP contribution is 2.33. The van der Waals surface area contributed by atoms with E-state index in [2.05, 4.69) is 47.3 Å². The van der Waals surface area contributed by atoms with Gasteiger partial charge in [-0.3, -0.25) is 4.98 Å². The second kappa shape index (κ2) is 6.44. The number of fused-ring (bicyclic) bond motifs is 1. The summed E-state index contributed by atoms with van der Waals surface area (Å²) in [5.74, 6) is 0.808. The van der Waals surface area contributed by atoms with Crippen molar-refractivity contribution in [3.63, 3.8) is 0 Å². The maximum Gasteiger partial charge on any atom is 0.148 e. The van der Waals surface area contributed by atoms with Crippen molar-refractivity contribution in [2.24, 2.45) is 0 Å². The first kappa shape index (κ1) is 15.0. The van der Waals surface area contributed by atoms with Gasteiger partial charge >= 0.3 is 0 Å².